The van der Waals surface area contributed by atoms with E-state index in [9.17, 15) is 0 Å². The van der Waals surface area contributed by atoms with Gasteiger partial charge in [0.15, 0.2) is 5.82 Å². The second-order valence-electron chi connectivity index (χ2n) is 6.10. The zero-order valence-corrected chi connectivity index (χ0v) is 12.6. The van der Waals surface area contributed by atoms with E-state index >= 15 is 0 Å². The maximum atomic E-state index is 6.55. The van der Waals surface area contributed by atoms with Crippen LogP contribution in [0.25, 0.3) is 0 Å². The Morgan fingerprint density at radius 2 is 1.95 bits per heavy atom. The van der Waals surface area contributed by atoms with Gasteiger partial charge in [0.05, 0.1) is 5.54 Å². The summed E-state index contributed by atoms with van der Waals surface area (Å²) in [5.74, 6) is 2.00. The molecule has 1 saturated carbocycles. The van der Waals surface area contributed by atoms with Gasteiger partial charge in [-0.15, -0.1) is 0 Å². The van der Waals surface area contributed by atoms with E-state index in [4.69, 9.17) is 10.3 Å². The molecule has 0 amide bonds. The van der Waals surface area contributed by atoms with Crippen molar-refractivity contribution in [3.8, 4) is 0 Å². The zero-order valence-electron chi connectivity index (χ0n) is 12.6. The summed E-state index contributed by atoms with van der Waals surface area (Å²) in [6, 6.07) is 10.7. The molecule has 4 nitrogen and oxygen atoms in total. The molecule has 0 aliphatic heterocycles. The molecule has 2 aromatic rings. The topological polar surface area (TPSA) is 64.9 Å². The maximum absolute atomic E-state index is 6.55. The van der Waals surface area contributed by atoms with Gasteiger partial charge in [-0.1, -0.05) is 42.4 Å². The van der Waals surface area contributed by atoms with Crippen molar-refractivity contribution in [3.05, 3.63) is 47.6 Å². The van der Waals surface area contributed by atoms with Crippen LogP contribution in [-0.4, -0.2) is 10.1 Å². The molecule has 1 aliphatic rings. The lowest BCUT2D eigenvalue weighted by molar-refractivity contribution is 0.253. The van der Waals surface area contributed by atoms with Crippen molar-refractivity contribution in [2.45, 2.75) is 56.9 Å². The molecule has 2 N–H and O–H groups in total. The molecule has 1 fully saturated rings. The van der Waals surface area contributed by atoms with Gasteiger partial charge >= 0.3 is 0 Å². The fraction of sp³-hybridized carbons (Fsp3) is 0.529. The highest BCUT2D eigenvalue weighted by Gasteiger charge is 2.37. The highest BCUT2D eigenvalue weighted by atomic mass is 16.5. The average Bonchev–Trinajstić information content (AvgIpc) is 2.99. The molecule has 4 heteroatoms. The van der Waals surface area contributed by atoms with Crippen LogP contribution in [0.5, 0.6) is 0 Å². The first-order valence-electron chi connectivity index (χ1n) is 7.88. The van der Waals surface area contributed by atoms with Crippen LogP contribution in [0, 0.1) is 0 Å². The molecule has 0 radical (unpaired) electrons. The van der Waals surface area contributed by atoms with Gasteiger partial charge in [-0.05, 0) is 43.6 Å². The number of rotatable bonds is 4. The second-order valence-corrected chi connectivity index (χ2v) is 6.10. The van der Waals surface area contributed by atoms with Crippen LogP contribution >= 0.6 is 0 Å². The molecule has 21 heavy (non-hydrogen) atoms. The summed E-state index contributed by atoms with van der Waals surface area (Å²) in [5.41, 5.74) is 7.55. The lowest BCUT2D eigenvalue weighted by Crippen LogP contribution is -2.41. The van der Waals surface area contributed by atoms with E-state index in [1.165, 1.54) is 5.56 Å². The SMILES string of the molecule is CCCc1nc(C2(N)CCC(c3ccccc3)CC2)no1. The van der Waals surface area contributed by atoms with Gasteiger partial charge in [-0.3, -0.25) is 0 Å². The molecule has 0 bridgehead atoms. The summed E-state index contributed by atoms with van der Waals surface area (Å²) in [6.07, 6.45) is 5.83. The first-order valence-corrected chi connectivity index (χ1v) is 7.88. The highest BCUT2D eigenvalue weighted by molar-refractivity contribution is 5.21. The molecule has 1 aliphatic carbocycles. The fourth-order valence-electron chi connectivity index (χ4n) is 3.19. The van der Waals surface area contributed by atoms with Crippen molar-refractivity contribution in [3.63, 3.8) is 0 Å². The number of benzene rings is 1. The molecular formula is C17H23N3O. The van der Waals surface area contributed by atoms with Gasteiger partial charge < -0.3 is 10.3 Å². The van der Waals surface area contributed by atoms with Gasteiger partial charge in [0.2, 0.25) is 5.89 Å². The predicted octanol–water partition coefficient (Wildman–Crippen LogP) is 3.53. The van der Waals surface area contributed by atoms with E-state index in [1.54, 1.807) is 0 Å². The molecular weight excluding hydrogens is 262 g/mol. The standard InChI is InChI=1S/C17H23N3O/c1-2-6-15-19-16(20-21-15)17(18)11-9-14(10-12-17)13-7-4-3-5-8-13/h3-5,7-8,14H,2,6,9-12,18H2,1H3. The van der Waals surface area contributed by atoms with E-state index in [1.807, 2.05) is 0 Å². The fourth-order valence-corrected chi connectivity index (χ4v) is 3.19. The normalized spacial score (nSPS) is 25.9. The quantitative estimate of drug-likeness (QED) is 0.933. The Kier molecular flexibility index (Phi) is 4.06. The Morgan fingerprint density at radius 3 is 2.62 bits per heavy atom. The van der Waals surface area contributed by atoms with Gasteiger partial charge in [0.25, 0.3) is 0 Å². The monoisotopic (exact) mass is 285 g/mol. The Balaban J connectivity index is 1.68. The smallest absolute Gasteiger partial charge is 0.226 e. The van der Waals surface area contributed by atoms with Crippen LogP contribution in [0.1, 0.15) is 62.2 Å². The van der Waals surface area contributed by atoms with Crippen molar-refractivity contribution < 1.29 is 4.52 Å². The minimum atomic E-state index is -0.416. The number of hydrogen-bond donors (Lipinski definition) is 1. The Labute approximate surface area is 125 Å². The van der Waals surface area contributed by atoms with Crippen molar-refractivity contribution in [2.24, 2.45) is 5.73 Å². The number of hydrogen-bond acceptors (Lipinski definition) is 4. The molecule has 112 valence electrons. The van der Waals surface area contributed by atoms with Crippen molar-refractivity contribution in [1.82, 2.24) is 10.1 Å². The van der Waals surface area contributed by atoms with Crippen LogP contribution in [0.2, 0.25) is 0 Å². The first kappa shape index (κ1) is 14.3. The maximum Gasteiger partial charge on any atom is 0.226 e. The number of nitrogens with two attached hydrogens (primary N) is 1. The van der Waals surface area contributed by atoms with Crippen molar-refractivity contribution in [1.29, 1.82) is 0 Å². The van der Waals surface area contributed by atoms with Gasteiger partial charge in [-0.2, -0.15) is 4.98 Å². The van der Waals surface area contributed by atoms with Crippen LogP contribution < -0.4 is 5.73 Å². The summed E-state index contributed by atoms with van der Waals surface area (Å²) in [7, 11) is 0. The number of nitrogens with zero attached hydrogens (tertiary/aromatic N) is 2. The third-order valence-corrected chi connectivity index (χ3v) is 4.53. The molecule has 0 atom stereocenters. The minimum Gasteiger partial charge on any atom is -0.339 e. The van der Waals surface area contributed by atoms with Crippen LogP contribution in [0.15, 0.2) is 34.9 Å². The van der Waals surface area contributed by atoms with Gasteiger partial charge in [0, 0.05) is 6.42 Å². The molecule has 1 aromatic carbocycles. The second kappa shape index (κ2) is 5.98. The Morgan fingerprint density at radius 1 is 1.24 bits per heavy atom. The first-order chi connectivity index (χ1) is 10.2. The number of aryl methyl sites for hydroxylation is 1. The molecule has 1 aromatic heterocycles. The van der Waals surface area contributed by atoms with E-state index in [0.717, 1.165) is 38.5 Å². The van der Waals surface area contributed by atoms with Crippen LogP contribution in [0.3, 0.4) is 0 Å². The summed E-state index contributed by atoms with van der Waals surface area (Å²) in [6.45, 7) is 2.10. The van der Waals surface area contributed by atoms with E-state index in [-0.39, 0.29) is 0 Å². The molecule has 1 heterocycles. The Hall–Kier alpha value is -1.68. The number of aromatic nitrogens is 2. The molecule has 0 unspecified atom stereocenters. The van der Waals surface area contributed by atoms with Gasteiger partial charge in [0.1, 0.15) is 0 Å². The highest BCUT2D eigenvalue weighted by Crippen LogP contribution is 2.40. The average molecular weight is 285 g/mol. The van der Waals surface area contributed by atoms with Crippen molar-refractivity contribution in [2.75, 3.05) is 0 Å². The molecule has 0 spiro atoms. The summed E-state index contributed by atoms with van der Waals surface area (Å²) in [4.78, 5) is 4.49. The Bertz CT molecular complexity index is 571. The lowest BCUT2D eigenvalue weighted by Gasteiger charge is -2.34. The third kappa shape index (κ3) is 3.00. The minimum absolute atomic E-state index is 0.416. The van der Waals surface area contributed by atoms with Crippen molar-refractivity contribution >= 4 is 0 Å². The molecule has 0 saturated heterocycles. The van der Waals surface area contributed by atoms with Crippen LogP contribution in [0.4, 0.5) is 0 Å². The summed E-state index contributed by atoms with van der Waals surface area (Å²) in [5, 5.41) is 4.12. The van der Waals surface area contributed by atoms with E-state index in [2.05, 4.69) is 47.4 Å². The van der Waals surface area contributed by atoms with Gasteiger partial charge in [-0.25, -0.2) is 0 Å². The predicted molar refractivity (Wildman–Crippen MR) is 81.8 cm³/mol. The van der Waals surface area contributed by atoms with E-state index in [0.29, 0.717) is 17.6 Å². The van der Waals surface area contributed by atoms with Crippen LogP contribution in [-0.2, 0) is 12.0 Å². The zero-order chi connectivity index (χ0) is 14.7. The molecule has 3 rings (SSSR count). The summed E-state index contributed by atoms with van der Waals surface area (Å²) >= 11 is 0. The lowest BCUT2D eigenvalue weighted by atomic mass is 9.74. The van der Waals surface area contributed by atoms with E-state index < -0.39 is 5.54 Å². The largest absolute Gasteiger partial charge is 0.339 e. The summed E-state index contributed by atoms with van der Waals surface area (Å²) < 4.78 is 5.29. The third-order valence-electron chi connectivity index (χ3n) is 4.53.